The topological polar surface area (TPSA) is 41.5 Å². The number of piperidine rings is 1. The SMILES string of the molecule is COC1=C(CC2CCCCN2)CC(O)C(SC)=C1. The van der Waals surface area contributed by atoms with E-state index in [0.717, 1.165) is 23.6 Å². The van der Waals surface area contributed by atoms with Crippen LogP contribution in [0.25, 0.3) is 0 Å². The predicted molar refractivity (Wildman–Crippen MR) is 76.5 cm³/mol. The van der Waals surface area contributed by atoms with E-state index in [2.05, 4.69) is 5.32 Å². The van der Waals surface area contributed by atoms with Crippen LogP contribution in [0.5, 0.6) is 0 Å². The number of thioether (sulfide) groups is 1. The monoisotopic (exact) mass is 269 g/mol. The molecule has 0 saturated carbocycles. The Morgan fingerprint density at radius 1 is 1.50 bits per heavy atom. The number of nitrogens with one attached hydrogen (secondary N) is 1. The van der Waals surface area contributed by atoms with E-state index < -0.39 is 0 Å². The Morgan fingerprint density at radius 2 is 2.33 bits per heavy atom. The average molecular weight is 269 g/mol. The molecular weight excluding hydrogens is 246 g/mol. The minimum atomic E-state index is -0.350. The summed E-state index contributed by atoms with van der Waals surface area (Å²) in [5.41, 5.74) is 1.25. The summed E-state index contributed by atoms with van der Waals surface area (Å²) in [5.74, 6) is 0.956. The van der Waals surface area contributed by atoms with Gasteiger partial charge in [0, 0.05) is 17.4 Å². The number of aliphatic hydroxyl groups is 1. The largest absolute Gasteiger partial charge is 0.497 e. The van der Waals surface area contributed by atoms with Crippen molar-refractivity contribution in [3.63, 3.8) is 0 Å². The smallest absolute Gasteiger partial charge is 0.119 e. The highest BCUT2D eigenvalue weighted by molar-refractivity contribution is 8.02. The fourth-order valence-corrected chi connectivity index (χ4v) is 3.32. The number of hydrogen-bond donors (Lipinski definition) is 2. The molecule has 0 amide bonds. The van der Waals surface area contributed by atoms with Gasteiger partial charge in [0.15, 0.2) is 0 Å². The van der Waals surface area contributed by atoms with Crippen molar-refractivity contribution in [3.05, 3.63) is 22.3 Å². The normalized spacial score (nSPS) is 29.2. The molecule has 0 aromatic carbocycles. The minimum absolute atomic E-state index is 0.350. The molecule has 0 bridgehead atoms. The van der Waals surface area contributed by atoms with Gasteiger partial charge in [-0.3, -0.25) is 0 Å². The number of rotatable bonds is 4. The van der Waals surface area contributed by atoms with Crippen LogP contribution in [-0.2, 0) is 4.74 Å². The molecule has 102 valence electrons. The van der Waals surface area contributed by atoms with Crippen LogP contribution in [0, 0.1) is 0 Å². The third kappa shape index (κ3) is 3.31. The molecule has 2 N–H and O–H groups in total. The zero-order valence-corrected chi connectivity index (χ0v) is 12.1. The van der Waals surface area contributed by atoms with Crippen LogP contribution < -0.4 is 5.32 Å². The van der Waals surface area contributed by atoms with E-state index in [1.807, 2.05) is 12.3 Å². The molecule has 2 aliphatic rings. The molecule has 0 aromatic heterocycles. The summed E-state index contributed by atoms with van der Waals surface area (Å²) in [4.78, 5) is 1.01. The Kier molecular flexibility index (Phi) is 5.15. The van der Waals surface area contributed by atoms with Crippen LogP contribution in [0.1, 0.15) is 32.1 Å². The molecule has 2 atom stereocenters. The molecule has 1 fully saturated rings. The molecule has 1 aliphatic heterocycles. The summed E-state index contributed by atoms with van der Waals surface area (Å²) < 4.78 is 5.48. The first-order chi connectivity index (χ1) is 8.74. The average Bonchev–Trinajstić information content (AvgIpc) is 2.40. The predicted octanol–water partition coefficient (Wildman–Crippen LogP) is 2.43. The van der Waals surface area contributed by atoms with Gasteiger partial charge in [-0.05, 0) is 43.7 Å². The van der Waals surface area contributed by atoms with Crippen molar-refractivity contribution in [2.45, 2.75) is 44.2 Å². The van der Waals surface area contributed by atoms with Crippen LogP contribution in [0.15, 0.2) is 22.3 Å². The van der Waals surface area contributed by atoms with E-state index in [1.54, 1.807) is 18.9 Å². The van der Waals surface area contributed by atoms with Gasteiger partial charge in [0.25, 0.3) is 0 Å². The maximum absolute atomic E-state index is 10.1. The minimum Gasteiger partial charge on any atom is -0.497 e. The summed E-state index contributed by atoms with van der Waals surface area (Å²) in [6, 6.07) is 0.551. The van der Waals surface area contributed by atoms with Crippen molar-refractivity contribution in [1.82, 2.24) is 5.32 Å². The Bertz CT molecular complexity index is 346. The number of aliphatic hydroxyl groups excluding tert-OH is 1. The Labute approximate surface area is 114 Å². The number of ether oxygens (including phenoxy) is 1. The van der Waals surface area contributed by atoms with Gasteiger partial charge in [-0.1, -0.05) is 6.42 Å². The first kappa shape index (κ1) is 14.0. The molecular formula is C14H23NO2S. The third-order valence-corrected chi connectivity index (χ3v) is 4.61. The quantitative estimate of drug-likeness (QED) is 0.822. The third-order valence-electron chi connectivity index (χ3n) is 3.75. The second-order valence-electron chi connectivity index (χ2n) is 4.99. The van der Waals surface area contributed by atoms with E-state index in [1.165, 1.54) is 24.8 Å². The van der Waals surface area contributed by atoms with Crippen LogP contribution in [0.4, 0.5) is 0 Å². The number of allylic oxidation sites excluding steroid dienone is 1. The maximum Gasteiger partial charge on any atom is 0.119 e. The number of hydrogen-bond acceptors (Lipinski definition) is 4. The summed E-state index contributed by atoms with van der Waals surface area (Å²) in [5, 5.41) is 13.6. The van der Waals surface area contributed by atoms with Crippen LogP contribution in [-0.4, -0.2) is 37.2 Å². The fourth-order valence-electron chi connectivity index (χ4n) is 2.74. The lowest BCUT2D eigenvalue weighted by molar-refractivity contribution is 0.204. The van der Waals surface area contributed by atoms with Crippen molar-refractivity contribution in [2.24, 2.45) is 0 Å². The van der Waals surface area contributed by atoms with Crippen LogP contribution >= 0.6 is 11.8 Å². The van der Waals surface area contributed by atoms with E-state index >= 15 is 0 Å². The zero-order chi connectivity index (χ0) is 13.0. The highest BCUT2D eigenvalue weighted by Crippen LogP contribution is 2.33. The van der Waals surface area contributed by atoms with Gasteiger partial charge in [0.1, 0.15) is 5.76 Å². The van der Waals surface area contributed by atoms with Gasteiger partial charge in [-0.15, -0.1) is 11.8 Å². The lowest BCUT2D eigenvalue weighted by Gasteiger charge is -2.28. The van der Waals surface area contributed by atoms with Gasteiger partial charge in [-0.25, -0.2) is 0 Å². The van der Waals surface area contributed by atoms with Crippen molar-refractivity contribution in [1.29, 1.82) is 0 Å². The Hall–Kier alpha value is -0.450. The Balaban J connectivity index is 2.08. The standard InChI is InChI=1S/C14H23NO2S/c1-17-13-9-14(18-2)12(16)8-10(13)7-11-5-3-4-6-15-11/h9,11-12,15-16H,3-8H2,1-2H3. The summed E-state index contributed by atoms with van der Waals surface area (Å²) >= 11 is 1.60. The van der Waals surface area contributed by atoms with Gasteiger partial charge < -0.3 is 15.2 Å². The molecule has 0 spiro atoms. The molecule has 1 aliphatic carbocycles. The number of methoxy groups -OCH3 is 1. The second-order valence-corrected chi connectivity index (χ2v) is 5.87. The van der Waals surface area contributed by atoms with Crippen molar-refractivity contribution in [2.75, 3.05) is 19.9 Å². The van der Waals surface area contributed by atoms with Gasteiger partial charge in [-0.2, -0.15) is 0 Å². The molecule has 0 aromatic rings. The molecule has 18 heavy (non-hydrogen) atoms. The molecule has 3 nitrogen and oxygen atoms in total. The summed E-state index contributed by atoms with van der Waals surface area (Å²) in [6.07, 6.45) is 9.18. The molecule has 2 rings (SSSR count). The maximum atomic E-state index is 10.1. The molecule has 1 heterocycles. The van der Waals surface area contributed by atoms with Crippen LogP contribution in [0.2, 0.25) is 0 Å². The second kappa shape index (κ2) is 6.64. The molecule has 1 saturated heterocycles. The highest BCUT2D eigenvalue weighted by atomic mass is 32.2. The molecule has 2 unspecified atom stereocenters. The van der Waals surface area contributed by atoms with Crippen molar-refractivity contribution < 1.29 is 9.84 Å². The van der Waals surface area contributed by atoms with Gasteiger partial charge in [0.2, 0.25) is 0 Å². The van der Waals surface area contributed by atoms with E-state index in [4.69, 9.17) is 4.74 Å². The van der Waals surface area contributed by atoms with E-state index in [0.29, 0.717) is 12.5 Å². The van der Waals surface area contributed by atoms with Crippen LogP contribution in [0.3, 0.4) is 0 Å². The Morgan fingerprint density at radius 3 is 2.94 bits per heavy atom. The van der Waals surface area contributed by atoms with E-state index in [9.17, 15) is 5.11 Å². The summed E-state index contributed by atoms with van der Waals surface area (Å²) in [7, 11) is 1.72. The lowest BCUT2D eigenvalue weighted by atomic mass is 9.91. The van der Waals surface area contributed by atoms with Gasteiger partial charge in [0.05, 0.1) is 13.2 Å². The first-order valence-corrected chi connectivity index (χ1v) is 7.90. The molecule has 4 heteroatoms. The van der Waals surface area contributed by atoms with Crippen molar-refractivity contribution in [3.8, 4) is 0 Å². The fraction of sp³-hybridized carbons (Fsp3) is 0.714. The molecule has 0 radical (unpaired) electrons. The van der Waals surface area contributed by atoms with E-state index in [-0.39, 0.29) is 6.10 Å². The first-order valence-electron chi connectivity index (χ1n) is 6.67. The zero-order valence-electron chi connectivity index (χ0n) is 11.2. The highest BCUT2D eigenvalue weighted by Gasteiger charge is 2.24. The summed E-state index contributed by atoms with van der Waals surface area (Å²) in [6.45, 7) is 1.12. The van der Waals surface area contributed by atoms with Crippen molar-refractivity contribution >= 4 is 11.8 Å². The lowest BCUT2D eigenvalue weighted by Crippen LogP contribution is -2.35. The van der Waals surface area contributed by atoms with Gasteiger partial charge >= 0.3 is 0 Å².